The Morgan fingerprint density at radius 2 is 2.08 bits per heavy atom. The lowest BCUT2D eigenvalue weighted by Gasteiger charge is -2.38. The van der Waals surface area contributed by atoms with Gasteiger partial charge in [0.1, 0.15) is 0 Å². The van der Waals surface area contributed by atoms with E-state index in [2.05, 4.69) is 16.8 Å². The van der Waals surface area contributed by atoms with Gasteiger partial charge in [-0.3, -0.25) is 9.69 Å². The maximum Gasteiger partial charge on any atom is 0.227 e. The van der Waals surface area contributed by atoms with Crippen LogP contribution in [-0.4, -0.2) is 64.6 Å². The highest BCUT2D eigenvalue weighted by Crippen LogP contribution is 2.27. The van der Waals surface area contributed by atoms with Crippen LogP contribution in [0.2, 0.25) is 5.02 Å². The number of aliphatic hydroxyl groups is 1. The van der Waals surface area contributed by atoms with Gasteiger partial charge in [-0.2, -0.15) is 0 Å². The van der Waals surface area contributed by atoms with E-state index in [1.54, 1.807) is 0 Å². The molecule has 1 fully saturated rings. The third kappa shape index (κ3) is 3.43. The number of nitrogens with one attached hydrogen (secondary N) is 1. The minimum Gasteiger partial charge on any atom is -0.395 e. The normalized spacial score (nSPS) is 17.4. The number of carbonyl (C=O) groups is 1. The van der Waals surface area contributed by atoms with Crippen LogP contribution in [0.15, 0.2) is 24.4 Å². The number of piperazine rings is 1. The molecule has 0 saturated carbocycles. The van der Waals surface area contributed by atoms with Gasteiger partial charge >= 0.3 is 0 Å². The molecule has 6 heteroatoms. The van der Waals surface area contributed by atoms with Gasteiger partial charge in [-0.25, -0.2) is 0 Å². The minimum absolute atomic E-state index is 0.132. The van der Waals surface area contributed by atoms with Crippen molar-refractivity contribution in [3.8, 4) is 0 Å². The third-order valence-corrected chi connectivity index (χ3v) is 5.26. The summed E-state index contributed by atoms with van der Waals surface area (Å²) in [6.45, 7) is 5.33. The maximum atomic E-state index is 12.6. The highest BCUT2D eigenvalue weighted by atomic mass is 35.5. The lowest BCUT2D eigenvalue weighted by molar-refractivity contribution is -0.132. The first-order valence-corrected chi connectivity index (χ1v) is 8.89. The molecule has 1 aliphatic heterocycles. The molecule has 0 radical (unpaired) electrons. The molecule has 0 bridgehead atoms. The maximum absolute atomic E-state index is 12.6. The minimum atomic E-state index is 0.132. The molecule has 1 aromatic carbocycles. The SMILES string of the molecule is CCC(CO)N1CCN(C(=O)Cc2c[nH]c3cccc(Cl)c23)CC1. The van der Waals surface area contributed by atoms with E-state index in [4.69, 9.17) is 11.6 Å². The summed E-state index contributed by atoms with van der Waals surface area (Å²) in [5.41, 5.74) is 1.91. The standard InChI is InChI=1S/C18H24ClN3O2/c1-2-14(12-23)21-6-8-22(9-7-21)17(24)10-13-11-20-16-5-3-4-15(19)18(13)16/h3-5,11,14,20,23H,2,6-10,12H2,1H3. The molecular formula is C18H24ClN3O2. The highest BCUT2D eigenvalue weighted by Gasteiger charge is 2.25. The molecular weight excluding hydrogens is 326 g/mol. The van der Waals surface area contributed by atoms with Crippen LogP contribution < -0.4 is 0 Å². The molecule has 2 heterocycles. The highest BCUT2D eigenvalue weighted by molar-refractivity contribution is 6.35. The van der Waals surface area contributed by atoms with Crippen molar-refractivity contribution in [2.24, 2.45) is 0 Å². The van der Waals surface area contributed by atoms with E-state index in [1.807, 2.05) is 29.3 Å². The predicted octanol–water partition coefficient (Wildman–Crippen LogP) is 2.28. The van der Waals surface area contributed by atoms with Crippen molar-refractivity contribution in [1.29, 1.82) is 0 Å². The molecule has 0 spiro atoms. The van der Waals surface area contributed by atoms with Crippen LogP contribution in [0.1, 0.15) is 18.9 Å². The summed E-state index contributed by atoms with van der Waals surface area (Å²) in [5, 5.41) is 11.0. The number of hydrogen-bond acceptors (Lipinski definition) is 3. The Morgan fingerprint density at radius 3 is 2.75 bits per heavy atom. The van der Waals surface area contributed by atoms with Gasteiger partial charge in [0, 0.05) is 49.3 Å². The van der Waals surface area contributed by atoms with Crippen LogP contribution in [0.4, 0.5) is 0 Å². The van der Waals surface area contributed by atoms with E-state index in [9.17, 15) is 9.90 Å². The third-order valence-electron chi connectivity index (χ3n) is 4.94. The van der Waals surface area contributed by atoms with Crippen LogP contribution in [0.25, 0.3) is 10.9 Å². The average Bonchev–Trinajstić information content (AvgIpc) is 3.01. The zero-order valence-electron chi connectivity index (χ0n) is 14.0. The smallest absolute Gasteiger partial charge is 0.227 e. The zero-order valence-corrected chi connectivity index (χ0v) is 14.7. The van der Waals surface area contributed by atoms with Crippen LogP contribution >= 0.6 is 11.6 Å². The average molecular weight is 350 g/mol. The van der Waals surface area contributed by atoms with Crippen LogP contribution in [0, 0.1) is 0 Å². The number of aliphatic hydroxyl groups excluding tert-OH is 1. The molecule has 0 aliphatic carbocycles. The molecule has 2 aromatic rings. The monoisotopic (exact) mass is 349 g/mol. The topological polar surface area (TPSA) is 59.6 Å². The number of nitrogens with zero attached hydrogens (tertiary/aromatic N) is 2. The van der Waals surface area contributed by atoms with Crippen molar-refractivity contribution in [3.05, 3.63) is 35.0 Å². The quantitative estimate of drug-likeness (QED) is 0.870. The number of halogens is 1. The number of amides is 1. The van der Waals surface area contributed by atoms with Crippen molar-refractivity contribution >= 4 is 28.4 Å². The number of hydrogen-bond donors (Lipinski definition) is 2. The van der Waals surface area contributed by atoms with E-state index in [0.29, 0.717) is 24.5 Å². The molecule has 1 aliphatic rings. The van der Waals surface area contributed by atoms with Crippen molar-refractivity contribution in [2.75, 3.05) is 32.8 Å². The summed E-state index contributed by atoms with van der Waals surface area (Å²) in [6, 6.07) is 5.92. The fourth-order valence-electron chi connectivity index (χ4n) is 3.46. The number of aromatic nitrogens is 1. The number of aromatic amines is 1. The zero-order chi connectivity index (χ0) is 17.1. The van der Waals surface area contributed by atoms with Crippen LogP contribution in [0.3, 0.4) is 0 Å². The molecule has 5 nitrogen and oxygen atoms in total. The number of rotatable bonds is 5. The van der Waals surface area contributed by atoms with Gasteiger partial charge in [-0.15, -0.1) is 0 Å². The van der Waals surface area contributed by atoms with Crippen molar-refractivity contribution in [3.63, 3.8) is 0 Å². The van der Waals surface area contributed by atoms with Gasteiger partial charge in [-0.05, 0) is 24.1 Å². The van der Waals surface area contributed by atoms with E-state index in [-0.39, 0.29) is 18.6 Å². The number of benzene rings is 1. The summed E-state index contributed by atoms with van der Waals surface area (Å²) in [5.74, 6) is 0.132. The fourth-order valence-corrected chi connectivity index (χ4v) is 3.76. The first-order valence-electron chi connectivity index (χ1n) is 8.51. The van der Waals surface area contributed by atoms with Gasteiger partial charge in [0.15, 0.2) is 0 Å². The number of carbonyl (C=O) groups excluding carboxylic acids is 1. The Labute approximate surface area is 147 Å². The molecule has 1 aromatic heterocycles. The Kier molecular flexibility index (Phi) is 5.43. The Bertz CT molecular complexity index is 703. The lowest BCUT2D eigenvalue weighted by Crippen LogP contribution is -2.53. The van der Waals surface area contributed by atoms with Gasteiger partial charge in [0.2, 0.25) is 5.91 Å². The van der Waals surface area contributed by atoms with Crippen LogP contribution in [-0.2, 0) is 11.2 Å². The van der Waals surface area contributed by atoms with Crippen molar-refractivity contribution in [2.45, 2.75) is 25.8 Å². The molecule has 1 amide bonds. The lowest BCUT2D eigenvalue weighted by atomic mass is 10.1. The molecule has 2 N–H and O–H groups in total. The first-order chi connectivity index (χ1) is 11.6. The second-order valence-electron chi connectivity index (χ2n) is 6.31. The Morgan fingerprint density at radius 1 is 1.33 bits per heavy atom. The van der Waals surface area contributed by atoms with Gasteiger partial charge in [0.05, 0.1) is 18.1 Å². The van der Waals surface area contributed by atoms with E-state index >= 15 is 0 Å². The van der Waals surface area contributed by atoms with Gasteiger partial charge in [0.25, 0.3) is 0 Å². The molecule has 3 rings (SSSR count). The summed E-state index contributed by atoms with van der Waals surface area (Å²) < 4.78 is 0. The van der Waals surface area contributed by atoms with Crippen molar-refractivity contribution in [1.82, 2.24) is 14.8 Å². The summed E-state index contributed by atoms with van der Waals surface area (Å²) in [4.78, 5) is 20.0. The van der Waals surface area contributed by atoms with Gasteiger partial charge in [-0.1, -0.05) is 24.6 Å². The van der Waals surface area contributed by atoms with E-state index in [1.165, 1.54) is 0 Å². The molecule has 130 valence electrons. The van der Waals surface area contributed by atoms with Crippen molar-refractivity contribution < 1.29 is 9.90 Å². The summed E-state index contributed by atoms with van der Waals surface area (Å²) in [6.07, 6.45) is 3.17. The Balaban J connectivity index is 1.64. The second kappa shape index (κ2) is 7.55. The summed E-state index contributed by atoms with van der Waals surface area (Å²) in [7, 11) is 0. The number of H-pyrrole nitrogens is 1. The molecule has 1 atom stereocenters. The number of fused-ring (bicyclic) bond motifs is 1. The largest absolute Gasteiger partial charge is 0.395 e. The second-order valence-corrected chi connectivity index (χ2v) is 6.72. The summed E-state index contributed by atoms with van der Waals surface area (Å²) >= 11 is 6.28. The van der Waals surface area contributed by atoms with Crippen LogP contribution in [0.5, 0.6) is 0 Å². The van der Waals surface area contributed by atoms with E-state index < -0.39 is 0 Å². The van der Waals surface area contributed by atoms with Gasteiger partial charge < -0.3 is 15.0 Å². The molecule has 1 unspecified atom stereocenters. The Hall–Kier alpha value is -1.56. The predicted molar refractivity (Wildman–Crippen MR) is 96.3 cm³/mol. The fraction of sp³-hybridized carbons (Fsp3) is 0.500. The van der Waals surface area contributed by atoms with E-state index in [0.717, 1.165) is 36.0 Å². The molecule has 1 saturated heterocycles. The molecule has 24 heavy (non-hydrogen) atoms. The first kappa shape index (κ1) is 17.3.